The number of ketones is 1. The Bertz CT molecular complexity index is 1400. The molecule has 8 nitrogen and oxygen atoms in total. The van der Waals surface area contributed by atoms with Crippen molar-refractivity contribution < 1.29 is 14.3 Å². The van der Waals surface area contributed by atoms with Crippen molar-refractivity contribution in [2.75, 3.05) is 38.1 Å². The van der Waals surface area contributed by atoms with Crippen LogP contribution in [0.4, 0.5) is 10.6 Å². The van der Waals surface area contributed by atoms with Gasteiger partial charge in [-0.3, -0.25) is 9.69 Å². The van der Waals surface area contributed by atoms with E-state index in [1.54, 1.807) is 31.4 Å². The molecule has 0 spiro atoms. The van der Waals surface area contributed by atoms with Crippen LogP contribution in [0.5, 0.6) is 5.75 Å². The second kappa shape index (κ2) is 11.7. The van der Waals surface area contributed by atoms with E-state index in [-0.39, 0.29) is 17.6 Å². The summed E-state index contributed by atoms with van der Waals surface area (Å²) in [5.74, 6) is 0.750. The predicted molar refractivity (Wildman–Crippen MR) is 154 cm³/mol. The molecule has 3 heterocycles. The zero-order valence-electron chi connectivity index (χ0n) is 22.6. The molecule has 0 bridgehead atoms. The molecule has 5 rings (SSSR count). The molecule has 2 fully saturated rings. The lowest BCUT2D eigenvalue weighted by Gasteiger charge is -2.44. The molecule has 1 amide bonds. The number of anilines is 1. The smallest absolute Gasteiger partial charge is 0.410 e. The summed E-state index contributed by atoms with van der Waals surface area (Å²) in [5, 5.41) is 13.1. The summed E-state index contributed by atoms with van der Waals surface area (Å²) < 4.78 is 5.75. The molecule has 3 aromatic rings. The average molecular weight is 558 g/mol. The second-order valence-corrected chi connectivity index (χ2v) is 11.0. The number of piperidine rings is 1. The van der Waals surface area contributed by atoms with Crippen molar-refractivity contribution in [3.05, 3.63) is 88.6 Å². The van der Waals surface area contributed by atoms with Gasteiger partial charge in [-0.15, -0.1) is 0 Å². The lowest BCUT2D eigenvalue weighted by atomic mass is 9.72. The van der Waals surface area contributed by atoms with E-state index < -0.39 is 11.6 Å². The quantitative estimate of drug-likeness (QED) is 0.457. The highest BCUT2D eigenvalue weighted by atomic mass is 35.5. The molecule has 2 aliphatic rings. The number of benzene rings is 2. The first-order chi connectivity index (χ1) is 19.3. The van der Waals surface area contributed by atoms with Crippen LogP contribution in [0.2, 0.25) is 5.02 Å². The Morgan fingerprint density at radius 3 is 2.42 bits per heavy atom. The molecule has 0 unspecified atom stereocenters. The van der Waals surface area contributed by atoms with Crippen molar-refractivity contribution in [2.45, 2.75) is 31.2 Å². The summed E-state index contributed by atoms with van der Waals surface area (Å²) in [5.41, 5.74) is 1.38. The minimum absolute atomic E-state index is 0.0354. The van der Waals surface area contributed by atoms with Gasteiger partial charge in [-0.05, 0) is 61.7 Å². The third-order valence-electron chi connectivity index (χ3n) is 8.18. The molecule has 40 heavy (non-hydrogen) atoms. The van der Waals surface area contributed by atoms with Gasteiger partial charge in [-0.1, -0.05) is 41.4 Å². The Hall–Kier alpha value is -3.93. The third-order valence-corrected chi connectivity index (χ3v) is 8.44. The van der Waals surface area contributed by atoms with Gasteiger partial charge in [0.1, 0.15) is 23.2 Å². The molecule has 206 valence electrons. The van der Waals surface area contributed by atoms with Gasteiger partial charge in [-0.2, -0.15) is 5.26 Å². The maximum Gasteiger partial charge on any atom is 0.415 e. The molecule has 0 saturated carbocycles. The molecular weight excluding hydrogens is 526 g/mol. The summed E-state index contributed by atoms with van der Waals surface area (Å²) in [6.07, 6.45) is 2.27. The van der Waals surface area contributed by atoms with E-state index in [4.69, 9.17) is 21.6 Å². The lowest BCUT2D eigenvalue weighted by Crippen LogP contribution is -2.62. The van der Waals surface area contributed by atoms with E-state index in [1.165, 1.54) is 4.90 Å². The van der Waals surface area contributed by atoms with Crippen molar-refractivity contribution in [3.63, 3.8) is 0 Å². The minimum Gasteiger partial charge on any atom is -0.410 e. The first-order valence-electron chi connectivity index (χ1n) is 13.5. The van der Waals surface area contributed by atoms with Gasteiger partial charge in [0.15, 0.2) is 5.78 Å². The Labute approximate surface area is 239 Å². The summed E-state index contributed by atoms with van der Waals surface area (Å²) >= 11 is 6.18. The lowest BCUT2D eigenvalue weighted by molar-refractivity contribution is -0.134. The molecule has 9 heteroatoms. The van der Waals surface area contributed by atoms with Gasteiger partial charge in [0, 0.05) is 56.3 Å². The molecule has 2 saturated heterocycles. The molecule has 0 aliphatic carbocycles. The summed E-state index contributed by atoms with van der Waals surface area (Å²) in [4.78, 5) is 36.2. The fraction of sp³-hybridized carbons (Fsp3) is 0.355. The number of nitrogens with zero attached hydrogens (tertiary/aromatic N) is 4. The Balaban J connectivity index is 1.41. The van der Waals surface area contributed by atoms with Crippen LogP contribution >= 0.6 is 11.6 Å². The Morgan fingerprint density at radius 2 is 1.80 bits per heavy atom. The highest BCUT2D eigenvalue weighted by Gasteiger charge is 2.56. The predicted octanol–water partition coefficient (Wildman–Crippen LogP) is 4.96. The number of Topliss-reactive ketones (excluding diaryl/α,β-unsaturated/α-hetero) is 1. The molecule has 2 aromatic carbocycles. The topological polar surface area (TPSA) is 98.6 Å². The van der Waals surface area contributed by atoms with E-state index in [1.807, 2.05) is 49.4 Å². The normalized spacial score (nSPS) is 21.1. The maximum absolute atomic E-state index is 14.6. The van der Waals surface area contributed by atoms with Gasteiger partial charge in [0.25, 0.3) is 0 Å². The highest BCUT2D eigenvalue weighted by Crippen LogP contribution is 2.41. The number of carbonyl (C=O) groups is 2. The van der Waals surface area contributed by atoms with Crippen molar-refractivity contribution in [1.82, 2.24) is 15.2 Å². The zero-order chi connectivity index (χ0) is 28.3. The number of hydrogen-bond donors (Lipinski definition) is 1. The van der Waals surface area contributed by atoms with E-state index in [2.05, 4.69) is 21.3 Å². The van der Waals surface area contributed by atoms with Gasteiger partial charge < -0.3 is 15.0 Å². The van der Waals surface area contributed by atoms with E-state index in [9.17, 15) is 9.59 Å². The van der Waals surface area contributed by atoms with Crippen molar-refractivity contribution in [2.24, 2.45) is 5.92 Å². The average Bonchev–Trinajstić information content (AvgIpc) is 3.44. The van der Waals surface area contributed by atoms with Crippen LogP contribution < -0.4 is 15.0 Å². The number of likely N-dealkylation sites (N-methyl/N-ethyl adjacent to an activating group) is 1. The van der Waals surface area contributed by atoms with Crippen LogP contribution in [0.15, 0.2) is 66.9 Å². The van der Waals surface area contributed by atoms with Crippen LogP contribution in [0, 0.1) is 24.2 Å². The maximum atomic E-state index is 14.6. The number of aryl methyl sites for hydroxylation is 1. The van der Waals surface area contributed by atoms with E-state index in [0.717, 1.165) is 16.9 Å². The fourth-order valence-electron chi connectivity index (χ4n) is 5.87. The van der Waals surface area contributed by atoms with Crippen LogP contribution in [-0.4, -0.2) is 60.5 Å². The molecule has 1 N–H and O–H groups in total. The Kier molecular flexibility index (Phi) is 8.06. The van der Waals surface area contributed by atoms with Gasteiger partial charge in [0.2, 0.25) is 0 Å². The van der Waals surface area contributed by atoms with Gasteiger partial charge >= 0.3 is 6.09 Å². The largest absolute Gasteiger partial charge is 0.415 e. The van der Waals surface area contributed by atoms with E-state index >= 15 is 0 Å². The Morgan fingerprint density at radius 1 is 1.10 bits per heavy atom. The molecule has 1 aromatic heterocycles. The summed E-state index contributed by atoms with van der Waals surface area (Å²) in [6.45, 7) is 4.15. The number of pyridine rings is 1. The number of amides is 1. The number of rotatable bonds is 6. The van der Waals surface area contributed by atoms with Crippen LogP contribution in [-0.2, 0) is 4.79 Å². The SMILES string of the molecule is Cc1ccc(OC(=O)N(C)[C@]2(C(=O)C3CCN(c4ccc(C#N)cn4)CC3)CNC[C@H]2c2ccc(Cl)cc2)cc1. The standard InChI is InChI=1S/C31H32ClN5O3/c1-21-3-10-26(11-4-21)40-30(39)36(2)31(20-34-19-27(31)23-6-8-25(32)9-7-23)29(38)24-13-15-37(16-14-24)28-12-5-22(17-33)18-35-28/h3-12,18,24,27,34H,13-16,19-20H2,1-2H3/t27-,31+/m0/s1. The number of nitrogens with one attached hydrogen (secondary N) is 1. The zero-order valence-corrected chi connectivity index (χ0v) is 23.4. The van der Waals surface area contributed by atoms with Crippen LogP contribution in [0.3, 0.4) is 0 Å². The molecule has 0 radical (unpaired) electrons. The van der Waals surface area contributed by atoms with Crippen molar-refractivity contribution in [3.8, 4) is 11.8 Å². The number of hydrogen-bond acceptors (Lipinski definition) is 7. The molecular formula is C31H32ClN5O3. The number of ether oxygens (including phenoxy) is 1. The first-order valence-corrected chi connectivity index (χ1v) is 13.8. The summed E-state index contributed by atoms with van der Waals surface area (Å²) in [7, 11) is 1.67. The molecule has 2 aliphatic heterocycles. The minimum atomic E-state index is -1.13. The highest BCUT2D eigenvalue weighted by molar-refractivity contribution is 6.30. The van der Waals surface area contributed by atoms with Gasteiger partial charge in [0.05, 0.1) is 5.56 Å². The van der Waals surface area contributed by atoms with Crippen molar-refractivity contribution in [1.29, 1.82) is 5.26 Å². The molecule has 2 atom stereocenters. The number of nitriles is 1. The van der Waals surface area contributed by atoms with Crippen LogP contribution in [0.1, 0.15) is 35.4 Å². The number of halogens is 1. The monoisotopic (exact) mass is 557 g/mol. The number of carbonyl (C=O) groups excluding carboxylic acids is 2. The fourth-order valence-corrected chi connectivity index (χ4v) is 5.99. The number of aromatic nitrogens is 1. The second-order valence-electron chi connectivity index (χ2n) is 10.5. The third kappa shape index (κ3) is 5.40. The summed E-state index contributed by atoms with van der Waals surface area (Å²) in [6, 6.07) is 20.5. The van der Waals surface area contributed by atoms with E-state index in [0.29, 0.717) is 55.4 Å². The van der Waals surface area contributed by atoms with Crippen molar-refractivity contribution >= 4 is 29.3 Å². The first kappa shape index (κ1) is 27.6. The van der Waals surface area contributed by atoms with Crippen LogP contribution in [0.25, 0.3) is 0 Å². The van der Waals surface area contributed by atoms with Gasteiger partial charge in [-0.25, -0.2) is 9.78 Å².